The smallest absolute Gasteiger partial charge is 0.325 e. The highest BCUT2D eigenvalue weighted by molar-refractivity contribution is 5.91. The summed E-state index contributed by atoms with van der Waals surface area (Å²) < 4.78 is 5.30. The maximum atomic E-state index is 11.7. The van der Waals surface area contributed by atoms with Gasteiger partial charge in [0, 0.05) is 12.8 Å². The summed E-state index contributed by atoms with van der Waals surface area (Å²) in [5, 5.41) is 13.3. The molecule has 82 valence electrons. The molecule has 1 aliphatic carbocycles. The van der Waals surface area contributed by atoms with Crippen molar-refractivity contribution in [3.8, 4) is 0 Å². The summed E-state index contributed by atoms with van der Waals surface area (Å²) in [6, 6.07) is 0. The lowest BCUT2D eigenvalue weighted by Crippen LogP contribution is -2.46. The highest BCUT2D eigenvalue weighted by Crippen LogP contribution is 2.36. The number of ether oxygens (including phenoxy) is 1. The Balaban J connectivity index is 2.12. The van der Waals surface area contributed by atoms with E-state index in [1.807, 2.05) is 0 Å². The maximum Gasteiger partial charge on any atom is 0.325 e. The zero-order chi connectivity index (χ0) is 11.0. The highest BCUT2D eigenvalue weighted by atomic mass is 16.5. The Hall–Kier alpha value is -1.59. The predicted octanol–water partition coefficient (Wildman–Crippen LogP) is 0.0418. The second kappa shape index (κ2) is 3.52. The minimum Gasteiger partial charge on any atom is -0.480 e. The minimum atomic E-state index is -1.07. The molecule has 0 spiro atoms. The Bertz CT molecular complexity index is 335. The van der Waals surface area contributed by atoms with E-state index >= 15 is 0 Å². The molecule has 6 heteroatoms. The van der Waals surface area contributed by atoms with Gasteiger partial charge in [0.25, 0.3) is 5.91 Å². The van der Waals surface area contributed by atoms with Gasteiger partial charge in [0.1, 0.15) is 6.54 Å². The van der Waals surface area contributed by atoms with E-state index in [0.29, 0.717) is 5.90 Å². The topological polar surface area (TPSA) is 79.2 Å². The molecule has 1 heterocycles. The predicted molar refractivity (Wildman–Crippen MR) is 50.1 cm³/mol. The van der Waals surface area contributed by atoms with E-state index in [-0.39, 0.29) is 11.8 Å². The molecule has 2 rings (SSSR count). The molecule has 0 aromatic rings. The molecule has 0 aromatic heterocycles. The summed E-state index contributed by atoms with van der Waals surface area (Å²) in [6.07, 6.45) is 1.40. The number of carbonyl (C=O) groups excluding carboxylic acids is 1. The average molecular weight is 212 g/mol. The number of hydrogen-bond acceptors (Lipinski definition) is 4. The van der Waals surface area contributed by atoms with Crippen molar-refractivity contribution in [2.45, 2.75) is 25.9 Å². The first kappa shape index (κ1) is 9.95. The quantitative estimate of drug-likeness (QED) is 0.716. The van der Waals surface area contributed by atoms with Gasteiger partial charge in [0.05, 0.1) is 0 Å². The number of hydrazone groups is 1. The van der Waals surface area contributed by atoms with Crippen molar-refractivity contribution in [2.24, 2.45) is 11.0 Å². The van der Waals surface area contributed by atoms with Gasteiger partial charge < -0.3 is 9.84 Å². The molecule has 1 aliphatic heterocycles. The first-order valence-corrected chi connectivity index (χ1v) is 4.83. The Labute approximate surface area is 86.5 Å². The molecular weight excluding hydrogens is 200 g/mol. The molecule has 0 radical (unpaired) electrons. The van der Waals surface area contributed by atoms with Crippen LogP contribution in [0.25, 0.3) is 0 Å². The number of nitrogens with zero attached hydrogens (tertiary/aromatic N) is 2. The molecule has 6 nitrogen and oxygen atoms in total. The molecule has 15 heavy (non-hydrogen) atoms. The van der Waals surface area contributed by atoms with Gasteiger partial charge in [-0.05, 0) is 12.8 Å². The lowest BCUT2D eigenvalue weighted by molar-refractivity contribution is -0.150. The molecule has 1 unspecified atom stereocenters. The summed E-state index contributed by atoms with van der Waals surface area (Å²) in [4.78, 5) is 22.2. The number of carboxylic acid groups (broad SMARTS) is 1. The number of aliphatic carboxylic acids is 1. The third kappa shape index (κ3) is 2.08. The number of carbonyl (C=O) groups is 2. The van der Waals surface area contributed by atoms with E-state index in [9.17, 15) is 9.59 Å². The highest BCUT2D eigenvalue weighted by Gasteiger charge is 2.43. The van der Waals surface area contributed by atoms with Crippen LogP contribution < -0.4 is 0 Å². The van der Waals surface area contributed by atoms with Crippen LogP contribution in [0.15, 0.2) is 5.10 Å². The van der Waals surface area contributed by atoms with Crippen molar-refractivity contribution >= 4 is 17.8 Å². The van der Waals surface area contributed by atoms with Gasteiger partial charge in [-0.15, -0.1) is 5.10 Å². The van der Waals surface area contributed by atoms with E-state index in [2.05, 4.69) is 5.10 Å². The van der Waals surface area contributed by atoms with Crippen molar-refractivity contribution in [2.75, 3.05) is 6.54 Å². The largest absolute Gasteiger partial charge is 0.480 e. The summed E-state index contributed by atoms with van der Waals surface area (Å²) in [5.74, 6) is -0.825. The molecule has 1 saturated carbocycles. The lowest BCUT2D eigenvalue weighted by Gasteiger charge is -2.27. The molecule has 1 atom stereocenters. The normalized spacial score (nSPS) is 25.9. The number of carboxylic acids is 1. The van der Waals surface area contributed by atoms with Crippen LogP contribution in [0.4, 0.5) is 0 Å². The van der Waals surface area contributed by atoms with Crippen molar-refractivity contribution in [1.82, 2.24) is 5.01 Å². The lowest BCUT2D eigenvalue weighted by atomic mass is 10.2. The second-order valence-electron chi connectivity index (χ2n) is 3.78. The third-order valence-electron chi connectivity index (χ3n) is 2.39. The zero-order valence-corrected chi connectivity index (χ0v) is 8.34. The third-order valence-corrected chi connectivity index (χ3v) is 2.39. The second-order valence-corrected chi connectivity index (χ2v) is 3.78. The van der Waals surface area contributed by atoms with Gasteiger partial charge in [-0.1, -0.05) is 0 Å². The van der Waals surface area contributed by atoms with E-state index in [1.54, 1.807) is 6.92 Å². The van der Waals surface area contributed by atoms with Crippen molar-refractivity contribution in [1.29, 1.82) is 0 Å². The van der Waals surface area contributed by atoms with Crippen LogP contribution in [0.2, 0.25) is 0 Å². The van der Waals surface area contributed by atoms with Crippen molar-refractivity contribution in [3.63, 3.8) is 0 Å². The van der Waals surface area contributed by atoms with E-state index < -0.39 is 18.6 Å². The first-order valence-electron chi connectivity index (χ1n) is 4.83. The van der Waals surface area contributed by atoms with Gasteiger partial charge in [-0.3, -0.25) is 9.59 Å². The van der Waals surface area contributed by atoms with Gasteiger partial charge in [-0.25, -0.2) is 5.01 Å². The Morgan fingerprint density at radius 3 is 2.87 bits per heavy atom. The molecule has 0 bridgehead atoms. The van der Waals surface area contributed by atoms with Crippen LogP contribution in [0.5, 0.6) is 0 Å². The van der Waals surface area contributed by atoms with Gasteiger partial charge >= 0.3 is 5.97 Å². The average Bonchev–Trinajstić information content (AvgIpc) is 2.92. The van der Waals surface area contributed by atoms with E-state index in [1.165, 1.54) is 0 Å². The Morgan fingerprint density at radius 2 is 2.33 bits per heavy atom. The van der Waals surface area contributed by atoms with Crippen molar-refractivity contribution in [3.05, 3.63) is 0 Å². The summed E-state index contributed by atoms with van der Waals surface area (Å²) >= 11 is 0. The Kier molecular flexibility index (Phi) is 2.34. The van der Waals surface area contributed by atoms with Crippen LogP contribution in [0.3, 0.4) is 0 Å². The number of amides is 1. The van der Waals surface area contributed by atoms with Crippen molar-refractivity contribution < 1.29 is 19.4 Å². The standard InChI is InChI=1S/C9H12N2O4/c1-5-10-11(4-7(12)13)9(14)8(15-5)6-2-3-6/h6,8H,2-4H2,1H3,(H,12,13). The molecule has 2 aliphatic rings. The maximum absolute atomic E-state index is 11.7. The fourth-order valence-electron chi connectivity index (χ4n) is 1.56. The monoisotopic (exact) mass is 212 g/mol. The van der Waals surface area contributed by atoms with Crippen LogP contribution in [-0.2, 0) is 14.3 Å². The molecule has 1 fully saturated rings. The molecule has 0 saturated heterocycles. The van der Waals surface area contributed by atoms with E-state index in [0.717, 1.165) is 17.9 Å². The molecule has 1 N–H and O–H groups in total. The molecular formula is C9H12N2O4. The fraction of sp³-hybridized carbons (Fsp3) is 0.667. The summed E-state index contributed by atoms with van der Waals surface area (Å²) in [5.41, 5.74) is 0. The van der Waals surface area contributed by atoms with Crippen LogP contribution in [-0.4, -0.2) is 40.5 Å². The molecule has 0 aromatic carbocycles. The zero-order valence-electron chi connectivity index (χ0n) is 8.34. The first-order chi connectivity index (χ1) is 7.08. The van der Waals surface area contributed by atoms with Gasteiger partial charge in [-0.2, -0.15) is 0 Å². The van der Waals surface area contributed by atoms with Crippen LogP contribution in [0, 0.1) is 5.92 Å². The van der Waals surface area contributed by atoms with Crippen LogP contribution in [0.1, 0.15) is 19.8 Å². The van der Waals surface area contributed by atoms with Gasteiger partial charge in [0.2, 0.25) is 5.90 Å². The summed E-state index contributed by atoms with van der Waals surface area (Å²) in [6.45, 7) is 1.22. The SMILES string of the molecule is CC1=NN(CC(=O)O)C(=O)C(C2CC2)O1. The summed E-state index contributed by atoms with van der Waals surface area (Å²) in [7, 11) is 0. The number of hydrogen-bond donors (Lipinski definition) is 1. The number of rotatable bonds is 3. The molecule has 1 amide bonds. The van der Waals surface area contributed by atoms with Crippen LogP contribution >= 0.6 is 0 Å². The fourth-order valence-corrected chi connectivity index (χ4v) is 1.56. The van der Waals surface area contributed by atoms with Gasteiger partial charge in [0.15, 0.2) is 6.10 Å². The minimum absolute atomic E-state index is 0.235. The Morgan fingerprint density at radius 1 is 1.67 bits per heavy atom. The van der Waals surface area contributed by atoms with E-state index in [4.69, 9.17) is 9.84 Å².